The highest BCUT2D eigenvalue weighted by Crippen LogP contribution is 2.33. The lowest BCUT2D eigenvalue weighted by atomic mass is 10.0. The molecular weight excluding hydrogens is 382 g/mol. The number of hydrogen-bond acceptors (Lipinski definition) is 5. The monoisotopic (exact) mass is 412 g/mol. The fraction of sp³-hybridized carbons (Fsp3) is 0.435. The third kappa shape index (κ3) is 4.46. The first-order chi connectivity index (χ1) is 14.7. The minimum Gasteiger partial charge on any atom is -0.497 e. The average Bonchev–Trinajstić information content (AvgIpc) is 3.27. The lowest BCUT2D eigenvalue weighted by Gasteiger charge is -2.38. The average molecular weight is 413 g/mol. The van der Waals surface area contributed by atoms with Gasteiger partial charge in [0.25, 0.3) is 0 Å². The van der Waals surface area contributed by atoms with Crippen molar-refractivity contribution in [3.63, 3.8) is 0 Å². The van der Waals surface area contributed by atoms with Crippen LogP contribution in [0.15, 0.2) is 42.5 Å². The van der Waals surface area contributed by atoms with Crippen molar-refractivity contribution in [3.8, 4) is 17.2 Å². The Kier molecular flexibility index (Phi) is 6.28. The SMILES string of the molecule is CCC(=O)NC[C@@H](c1ccc2c(c1)OCO2)[NH+]1CCN(c2ccc(OC)cc2)CC1. The molecule has 1 amide bonds. The largest absolute Gasteiger partial charge is 0.497 e. The van der Waals surface area contributed by atoms with Gasteiger partial charge in [-0.3, -0.25) is 4.79 Å². The number of carbonyl (C=O) groups is 1. The number of ether oxygens (including phenoxy) is 3. The lowest BCUT2D eigenvalue weighted by Crippen LogP contribution is -3.15. The second-order valence-corrected chi connectivity index (χ2v) is 7.67. The molecule has 160 valence electrons. The zero-order valence-corrected chi connectivity index (χ0v) is 17.6. The molecule has 0 saturated carbocycles. The van der Waals surface area contributed by atoms with Crippen molar-refractivity contribution in [1.29, 1.82) is 0 Å². The maximum Gasteiger partial charge on any atom is 0.231 e. The van der Waals surface area contributed by atoms with E-state index in [0.29, 0.717) is 13.0 Å². The Balaban J connectivity index is 1.46. The summed E-state index contributed by atoms with van der Waals surface area (Å²) in [7, 11) is 1.69. The number of fused-ring (bicyclic) bond motifs is 1. The van der Waals surface area contributed by atoms with Gasteiger partial charge in [0, 0.05) is 17.7 Å². The summed E-state index contributed by atoms with van der Waals surface area (Å²) in [6.45, 7) is 6.67. The normalized spacial score (nSPS) is 16.9. The molecule has 1 saturated heterocycles. The molecule has 0 unspecified atom stereocenters. The number of piperazine rings is 1. The minimum absolute atomic E-state index is 0.0806. The molecule has 0 aromatic heterocycles. The smallest absolute Gasteiger partial charge is 0.231 e. The first-order valence-corrected chi connectivity index (χ1v) is 10.6. The quantitative estimate of drug-likeness (QED) is 0.720. The fourth-order valence-corrected chi connectivity index (χ4v) is 4.16. The summed E-state index contributed by atoms with van der Waals surface area (Å²) in [6, 6.07) is 14.5. The van der Waals surface area contributed by atoms with E-state index in [1.54, 1.807) is 7.11 Å². The van der Waals surface area contributed by atoms with Gasteiger partial charge in [-0.05, 0) is 42.5 Å². The first kappa shape index (κ1) is 20.3. The van der Waals surface area contributed by atoms with Crippen molar-refractivity contribution >= 4 is 11.6 Å². The summed E-state index contributed by atoms with van der Waals surface area (Å²) in [6.07, 6.45) is 0.494. The van der Waals surface area contributed by atoms with E-state index in [9.17, 15) is 4.79 Å². The summed E-state index contributed by atoms with van der Waals surface area (Å²) in [5.74, 6) is 2.53. The maximum absolute atomic E-state index is 11.9. The molecule has 2 aromatic rings. The number of rotatable bonds is 7. The van der Waals surface area contributed by atoms with Crippen LogP contribution in [0.5, 0.6) is 17.2 Å². The van der Waals surface area contributed by atoms with Gasteiger partial charge in [-0.1, -0.05) is 6.92 Å². The summed E-state index contributed by atoms with van der Waals surface area (Å²) in [5.41, 5.74) is 2.39. The molecule has 2 aromatic carbocycles. The van der Waals surface area contributed by atoms with Crippen molar-refractivity contribution in [2.75, 3.05) is 51.5 Å². The Bertz CT molecular complexity index is 863. The van der Waals surface area contributed by atoms with Gasteiger partial charge in [0.15, 0.2) is 11.5 Å². The van der Waals surface area contributed by atoms with Gasteiger partial charge in [0.1, 0.15) is 11.8 Å². The van der Waals surface area contributed by atoms with Crippen molar-refractivity contribution < 1.29 is 23.9 Å². The van der Waals surface area contributed by atoms with Crippen LogP contribution >= 0.6 is 0 Å². The molecule has 0 spiro atoms. The summed E-state index contributed by atoms with van der Waals surface area (Å²) < 4.78 is 16.3. The molecule has 7 nitrogen and oxygen atoms in total. The number of benzene rings is 2. The van der Waals surface area contributed by atoms with E-state index in [1.165, 1.54) is 16.2 Å². The van der Waals surface area contributed by atoms with Crippen molar-refractivity contribution in [2.24, 2.45) is 0 Å². The molecule has 2 heterocycles. The molecule has 0 radical (unpaired) electrons. The maximum atomic E-state index is 11.9. The van der Waals surface area contributed by atoms with Crippen molar-refractivity contribution in [1.82, 2.24) is 5.32 Å². The zero-order valence-electron chi connectivity index (χ0n) is 17.6. The predicted octanol–water partition coefficient (Wildman–Crippen LogP) is 1.40. The van der Waals surface area contributed by atoms with Gasteiger partial charge in [-0.25, -0.2) is 0 Å². The van der Waals surface area contributed by atoms with Crippen molar-refractivity contribution in [3.05, 3.63) is 48.0 Å². The first-order valence-electron chi connectivity index (χ1n) is 10.6. The number of nitrogens with one attached hydrogen (secondary N) is 2. The van der Waals surface area contributed by atoms with Gasteiger partial charge >= 0.3 is 0 Å². The summed E-state index contributed by atoms with van der Waals surface area (Å²) >= 11 is 0. The second kappa shape index (κ2) is 9.26. The molecule has 4 rings (SSSR count). The van der Waals surface area contributed by atoms with E-state index in [1.807, 2.05) is 25.1 Å². The minimum atomic E-state index is 0.0806. The molecule has 0 bridgehead atoms. The Morgan fingerprint density at radius 1 is 1.13 bits per heavy atom. The third-order valence-electron chi connectivity index (χ3n) is 5.96. The van der Waals surface area contributed by atoms with Gasteiger partial charge in [-0.15, -0.1) is 0 Å². The molecule has 1 atom stereocenters. The van der Waals surface area contributed by atoms with E-state index < -0.39 is 0 Å². The zero-order chi connectivity index (χ0) is 20.9. The number of carbonyl (C=O) groups excluding carboxylic acids is 1. The highest BCUT2D eigenvalue weighted by Gasteiger charge is 2.30. The van der Waals surface area contributed by atoms with Crippen LogP contribution in [0.1, 0.15) is 24.9 Å². The molecule has 30 heavy (non-hydrogen) atoms. The number of quaternary nitrogens is 1. The molecular formula is C23H30N3O4+. The number of methoxy groups -OCH3 is 1. The van der Waals surface area contributed by atoms with Crippen LogP contribution in [0, 0.1) is 0 Å². The van der Waals surface area contributed by atoms with Crippen molar-refractivity contribution in [2.45, 2.75) is 19.4 Å². The van der Waals surface area contributed by atoms with E-state index >= 15 is 0 Å². The highest BCUT2D eigenvalue weighted by molar-refractivity contribution is 5.75. The molecule has 0 aliphatic carbocycles. The van der Waals surface area contributed by atoms with Gasteiger partial charge in [0.05, 0.1) is 39.8 Å². The van der Waals surface area contributed by atoms with Gasteiger partial charge in [0.2, 0.25) is 12.7 Å². The molecule has 2 aliphatic heterocycles. The van der Waals surface area contributed by atoms with E-state index in [0.717, 1.165) is 43.4 Å². The number of hydrogen-bond donors (Lipinski definition) is 2. The Labute approximate surface area is 177 Å². The van der Waals surface area contributed by atoms with Crippen LogP contribution in [-0.4, -0.2) is 52.5 Å². The molecule has 2 N–H and O–H groups in total. The Hall–Kier alpha value is -2.93. The van der Waals surface area contributed by atoms with Crippen LogP contribution in [0.4, 0.5) is 5.69 Å². The molecule has 2 aliphatic rings. The van der Waals surface area contributed by atoms with Crippen LogP contribution < -0.4 is 29.3 Å². The second-order valence-electron chi connectivity index (χ2n) is 7.67. The van der Waals surface area contributed by atoms with E-state index in [4.69, 9.17) is 14.2 Å². The van der Waals surface area contributed by atoms with Crippen LogP contribution in [0.3, 0.4) is 0 Å². The van der Waals surface area contributed by atoms with Crippen LogP contribution in [-0.2, 0) is 4.79 Å². The lowest BCUT2D eigenvalue weighted by molar-refractivity contribution is -0.931. The highest BCUT2D eigenvalue weighted by atomic mass is 16.7. The number of anilines is 1. The topological polar surface area (TPSA) is 64.5 Å². The van der Waals surface area contributed by atoms with E-state index in [-0.39, 0.29) is 18.7 Å². The Morgan fingerprint density at radius 2 is 1.87 bits per heavy atom. The van der Waals surface area contributed by atoms with Crippen LogP contribution in [0.25, 0.3) is 0 Å². The predicted molar refractivity (Wildman–Crippen MR) is 115 cm³/mol. The van der Waals surface area contributed by atoms with Crippen LogP contribution in [0.2, 0.25) is 0 Å². The number of nitrogens with zero attached hydrogens (tertiary/aromatic N) is 1. The number of amides is 1. The summed E-state index contributed by atoms with van der Waals surface area (Å²) in [4.78, 5) is 15.8. The summed E-state index contributed by atoms with van der Waals surface area (Å²) in [5, 5.41) is 3.09. The third-order valence-corrected chi connectivity index (χ3v) is 5.96. The fourth-order valence-electron chi connectivity index (χ4n) is 4.16. The standard InChI is InChI=1S/C23H29N3O4/c1-3-23(27)24-15-20(17-4-9-21-22(14-17)30-16-29-21)26-12-10-25(11-13-26)18-5-7-19(28-2)8-6-18/h4-9,14,20H,3,10-13,15-16H2,1-2H3,(H,24,27)/p+1/t20-/m0/s1. The molecule has 1 fully saturated rings. The molecule has 7 heteroatoms. The van der Waals surface area contributed by atoms with E-state index in [2.05, 4.69) is 34.5 Å². The Morgan fingerprint density at radius 3 is 2.57 bits per heavy atom. The van der Waals surface area contributed by atoms with Gasteiger partial charge in [-0.2, -0.15) is 0 Å². The van der Waals surface area contributed by atoms with Gasteiger partial charge < -0.3 is 29.3 Å².